The maximum Gasteiger partial charge on any atom is 0.136 e. The largest absolute Gasteiger partial charge is 0.506 e. The molecular formula is C15H17NO. The fourth-order valence-corrected chi connectivity index (χ4v) is 1.75. The lowest BCUT2D eigenvalue weighted by Crippen LogP contribution is -1.89. The molecule has 1 aromatic heterocycles. The van der Waals surface area contributed by atoms with Crippen molar-refractivity contribution < 1.29 is 5.11 Å². The van der Waals surface area contributed by atoms with Crippen LogP contribution in [0, 0.1) is 6.92 Å². The summed E-state index contributed by atoms with van der Waals surface area (Å²) in [5.41, 5.74) is 3.97. The first-order valence-electron chi connectivity index (χ1n) is 5.85. The van der Waals surface area contributed by atoms with Gasteiger partial charge < -0.3 is 5.11 Å². The highest BCUT2D eigenvalue weighted by Crippen LogP contribution is 2.23. The summed E-state index contributed by atoms with van der Waals surface area (Å²) < 4.78 is 0. The van der Waals surface area contributed by atoms with Gasteiger partial charge in [-0.1, -0.05) is 38.1 Å². The van der Waals surface area contributed by atoms with Crippen molar-refractivity contribution >= 4 is 0 Å². The number of nitrogens with zero attached hydrogens (tertiary/aromatic N) is 1. The topological polar surface area (TPSA) is 33.1 Å². The molecule has 0 radical (unpaired) electrons. The summed E-state index contributed by atoms with van der Waals surface area (Å²) >= 11 is 0. The zero-order valence-corrected chi connectivity index (χ0v) is 10.4. The minimum atomic E-state index is 0.243. The average Bonchev–Trinajstić information content (AvgIpc) is 2.33. The molecule has 17 heavy (non-hydrogen) atoms. The van der Waals surface area contributed by atoms with E-state index in [1.54, 1.807) is 13.0 Å². The Labute approximate surface area is 102 Å². The van der Waals surface area contributed by atoms with Gasteiger partial charge in [-0.15, -0.1) is 0 Å². The summed E-state index contributed by atoms with van der Waals surface area (Å²) in [6, 6.07) is 11.9. The van der Waals surface area contributed by atoms with Crippen LogP contribution in [0.5, 0.6) is 5.75 Å². The van der Waals surface area contributed by atoms with E-state index < -0.39 is 0 Å². The number of hydrogen-bond donors (Lipinski definition) is 1. The molecular weight excluding hydrogens is 210 g/mol. The Morgan fingerprint density at radius 2 is 1.65 bits per heavy atom. The highest BCUT2D eigenvalue weighted by Gasteiger charge is 2.04. The van der Waals surface area contributed by atoms with Gasteiger partial charge in [0.2, 0.25) is 0 Å². The van der Waals surface area contributed by atoms with Gasteiger partial charge in [-0.3, -0.25) is 0 Å². The molecule has 0 bridgehead atoms. The monoisotopic (exact) mass is 227 g/mol. The lowest BCUT2D eigenvalue weighted by atomic mass is 10.0. The van der Waals surface area contributed by atoms with Gasteiger partial charge in [-0.05, 0) is 30.5 Å². The average molecular weight is 227 g/mol. The molecule has 0 aliphatic carbocycles. The third kappa shape index (κ3) is 2.47. The zero-order valence-electron chi connectivity index (χ0n) is 10.4. The van der Waals surface area contributed by atoms with Crippen molar-refractivity contribution in [2.75, 3.05) is 0 Å². The van der Waals surface area contributed by atoms with Crippen LogP contribution in [0.15, 0.2) is 36.4 Å². The predicted molar refractivity (Wildman–Crippen MR) is 70.2 cm³/mol. The van der Waals surface area contributed by atoms with Crippen LogP contribution in [-0.4, -0.2) is 10.1 Å². The Balaban J connectivity index is 2.36. The molecule has 0 aliphatic heterocycles. The highest BCUT2D eigenvalue weighted by molar-refractivity contribution is 5.60. The molecule has 0 aliphatic rings. The number of hydrogen-bond acceptors (Lipinski definition) is 2. The minimum Gasteiger partial charge on any atom is -0.506 e. The standard InChI is InChI=1S/C15H17NO/c1-10(2)12-4-6-13(7-5-12)14-8-9-15(17)11(3)16-14/h4-10,17H,1-3H3. The molecule has 88 valence electrons. The number of benzene rings is 1. The normalized spacial score (nSPS) is 10.8. The van der Waals surface area contributed by atoms with E-state index in [0.717, 1.165) is 11.3 Å². The maximum atomic E-state index is 9.45. The lowest BCUT2D eigenvalue weighted by Gasteiger charge is -2.07. The molecule has 0 saturated carbocycles. The summed E-state index contributed by atoms with van der Waals surface area (Å²) in [5, 5.41) is 9.45. The van der Waals surface area contributed by atoms with Gasteiger partial charge in [-0.2, -0.15) is 0 Å². The third-order valence-corrected chi connectivity index (χ3v) is 2.93. The number of aromatic nitrogens is 1. The van der Waals surface area contributed by atoms with E-state index in [9.17, 15) is 5.11 Å². The maximum absolute atomic E-state index is 9.45. The quantitative estimate of drug-likeness (QED) is 0.844. The van der Waals surface area contributed by atoms with Gasteiger partial charge in [-0.25, -0.2) is 4.98 Å². The van der Waals surface area contributed by atoms with Crippen molar-refractivity contribution in [3.8, 4) is 17.0 Å². The Bertz CT molecular complexity index is 515. The Hall–Kier alpha value is -1.83. The van der Waals surface area contributed by atoms with Crippen LogP contribution in [0.25, 0.3) is 11.3 Å². The molecule has 0 amide bonds. The summed E-state index contributed by atoms with van der Waals surface area (Å²) in [7, 11) is 0. The summed E-state index contributed by atoms with van der Waals surface area (Å²) in [5.74, 6) is 0.783. The van der Waals surface area contributed by atoms with E-state index in [0.29, 0.717) is 11.6 Å². The number of rotatable bonds is 2. The number of aryl methyl sites for hydroxylation is 1. The Morgan fingerprint density at radius 3 is 2.18 bits per heavy atom. The first kappa shape index (κ1) is 11.6. The summed E-state index contributed by atoms with van der Waals surface area (Å²) in [4.78, 5) is 4.37. The van der Waals surface area contributed by atoms with Gasteiger partial charge in [0.05, 0.1) is 11.4 Å². The van der Waals surface area contributed by atoms with Crippen molar-refractivity contribution in [2.24, 2.45) is 0 Å². The highest BCUT2D eigenvalue weighted by atomic mass is 16.3. The van der Waals surface area contributed by atoms with Gasteiger partial charge in [0.15, 0.2) is 0 Å². The molecule has 1 N–H and O–H groups in total. The van der Waals surface area contributed by atoms with E-state index in [4.69, 9.17) is 0 Å². The van der Waals surface area contributed by atoms with Crippen LogP contribution < -0.4 is 0 Å². The van der Waals surface area contributed by atoms with Crippen molar-refractivity contribution in [1.29, 1.82) is 0 Å². The second-order valence-corrected chi connectivity index (χ2v) is 4.58. The molecule has 2 nitrogen and oxygen atoms in total. The smallest absolute Gasteiger partial charge is 0.136 e. The molecule has 2 rings (SSSR count). The van der Waals surface area contributed by atoms with Crippen LogP contribution in [0.2, 0.25) is 0 Å². The van der Waals surface area contributed by atoms with Crippen molar-refractivity contribution in [3.05, 3.63) is 47.7 Å². The lowest BCUT2D eigenvalue weighted by molar-refractivity contribution is 0.468. The fraction of sp³-hybridized carbons (Fsp3) is 0.267. The number of pyridine rings is 1. The van der Waals surface area contributed by atoms with E-state index in [1.807, 2.05) is 6.07 Å². The molecule has 0 unspecified atom stereocenters. The van der Waals surface area contributed by atoms with Gasteiger partial charge in [0.25, 0.3) is 0 Å². The van der Waals surface area contributed by atoms with Crippen LogP contribution in [0.3, 0.4) is 0 Å². The van der Waals surface area contributed by atoms with Gasteiger partial charge in [0, 0.05) is 5.56 Å². The molecule has 1 heterocycles. The second-order valence-electron chi connectivity index (χ2n) is 4.58. The van der Waals surface area contributed by atoms with Crippen molar-refractivity contribution in [2.45, 2.75) is 26.7 Å². The van der Waals surface area contributed by atoms with Crippen LogP contribution in [0.1, 0.15) is 31.0 Å². The first-order chi connectivity index (χ1) is 8.08. The molecule has 0 saturated heterocycles. The Morgan fingerprint density at radius 1 is 1.00 bits per heavy atom. The van der Waals surface area contributed by atoms with E-state index >= 15 is 0 Å². The fourth-order valence-electron chi connectivity index (χ4n) is 1.75. The molecule has 0 atom stereocenters. The van der Waals surface area contributed by atoms with Crippen LogP contribution in [-0.2, 0) is 0 Å². The molecule has 2 heteroatoms. The minimum absolute atomic E-state index is 0.243. The molecule has 1 aromatic carbocycles. The second kappa shape index (κ2) is 4.58. The zero-order chi connectivity index (χ0) is 12.4. The first-order valence-corrected chi connectivity index (χ1v) is 5.85. The summed E-state index contributed by atoms with van der Waals surface area (Å²) in [6.45, 7) is 6.16. The van der Waals surface area contributed by atoms with E-state index in [-0.39, 0.29) is 5.75 Å². The van der Waals surface area contributed by atoms with Crippen molar-refractivity contribution in [1.82, 2.24) is 4.98 Å². The molecule has 2 aromatic rings. The number of aromatic hydroxyl groups is 1. The molecule has 0 fully saturated rings. The molecule has 0 spiro atoms. The summed E-state index contributed by atoms with van der Waals surface area (Å²) in [6.07, 6.45) is 0. The van der Waals surface area contributed by atoms with E-state index in [2.05, 4.69) is 43.1 Å². The third-order valence-electron chi connectivity index (χ3n) is 2.93. The van der Waals surface area contributed by atoms with Gasteiger partial charge >= 0.3 is 0 Å². The predicted octanol–water partition coefficient (Wildman–Crippen LogP) is 3.89. The van der Waals surface area contributed by atoms with E-state index in [1.165, 1.54) is 5.56 Å². The van der Waals surface area contributed by atoms with Crippen molar-refractivity contribution in [3.63, 3.8) is 0 Å². The SMILES string of the molecule is Cc1nc(-c2ccc(C(C)C)cc2)ccc1O. The van der Waals surface area contributed by atoms with Crippen LogP contribution >= 0.6 is 0 Å². The van der Waals surface area contributed by atoms with Crippen LogP contribution in [0.4, 0.5) is 0 Å². The Kier molecular flexibility index (Phi) is 3.14. The van der Waals surface area contributed by atoms with Gasteiger partial charge in [0.1, 0.15) is 5.75 Å².